The van der Waals surface area contributed by atoms with Crippen LogP contribution in [0.2, 0.25) is 0 Å². The number of aryl methyl sites for hydroxylation is 1. The van der Waals surface area contributed by atoms with Crippen LogP contribution in [0.3, 0.4) is 0 Å². The molecular formula is C20H21N3O3. The molecule has 1 amide bonds. The third-order valence-corrected chi connectivity index (χ3v) is 3.83. The number of ether oxygens (including phenoxy) is 2. The highest BCUT2D eigenvalue weighted by molar-refractivity contribution is 6.06. The van der Waals surface area contributed by atoms with E-state index in [9.17, 15) is 4.79 Å². The highest BCUT2D eigenvalue weighted by atomic mass is 16.5. The van der Waals surface area contributed by atoms with Crippen molar-refractivity contribution in [2.45, 2.75) is 13.5 Å². The first kappa shape index (κ1) is 17.5. The molecule has 0 atom stereocenters. The van der Waals surface area contributed by atoms with Crippen LogP contribution in [-0.2, 0) is 13.7 Å². The molecule has 26 heavy (non-hydrogen) atoms. The maximum atomic E-state index is 12.5. The number of carbonyl (C=O) groups is 1. The molecule has 0 radical (unpaired) electrons. The minimum absolute atomic E-state index is 0.212. The molecule has 0 unspecified atom stereocenters. The Morgan fingerprint density at radius 2 is 1.88 bits per heavy atom. The third kappa shape index (κ3) is 4.22. The molecule has 0 aliphatic carbocycles. The van der Waals surface area contributed by atoms with Crippen LogP contribution in [0.4, 0.5) is 5.69 Å². The Morgan fingerprint density at radius 1 is 1.12 bits per heavy atom. The van der Waals surface area contributed by atoms with E-state index in [1.807, 2.05) is 49.0 Å². The molecule has 0 fully saturated rings. The van der Waals surface area contributed by atoms with E-state index in [2.05, 4.69) is 10.3 Å². The highest BCUT2D eigenvalue weighted by Gasteiger charge is 2.12. The zero-order valence-corrected chi connectivity index (χ0v) is 14.8. The number of nitrogens with one attached hydrogen (secondary N) is 1. The van der Waals surface area contributed by atoms with Gasteiger partial charge in [0.15, 0.2) is 0 Å². The van der Waals surface area contributed by atoms with Crippen LogP contribution in [0.5, 0.6) is 11.5 Å². The average Bonchev–Trinajstić information content (AvgIpc) is 3.07. The lowest BCUT2D eigenvalue weighted by atomic mass is 10.2. The van der Waals surface area contributed by atoms with Gasteiger partial charge in [0.1, 0.15) is 23.9 Å². The molecule has 0 bridgehead atoms. The van der Waals surface area contributed by atoms with Crippen LogP contribution in [0.15, 0.2) is 60.9 Å². The lowest BCUT2D eigenvalue weighted by Crippen LogP contribution is -2.13. The van der Waals surface area contributed by atoms with Crippen molar-refractivity contribution < 1.29 is 14.3 Å². The van der Waals surface area contributed by atoms with Gasteiger partial charge < -0.3 is 19.4 Å². The first-order chi connectivity index (χ1) is 12.7. The summed E-state index contributed by atoms with van der Waals surface area (Å²) < 4.78 is 13.1. The minimum Gasteiger partial charge on any atom is -0.493 e. The summed E-state index contributed by atoms with van der Waals surface area (Å²) in [6, 6.07) is 14.4. The van der Waals surface area contributed by atoms with Crippen LogP contribution in [0, 0.1) is 0 Å². The number of benzene rings is 2. The van der Waals surface area contributed by atoms with E-state index in [-0.39, 0.29) is 5.91 Å². The first-order valence-electron chi connectivity index (χ1n) is 8.39. The van der Waals surface area contributed by atoms with Crippen molar-refractivity contribution >= 4 is 11.6 Å². The monoisotopic (exact) mass is 351 g/mol. The van der Waals surface area contributed by atoms with Crippen molar-refractivity contribution in [1.29, 1.82) is 0 Å². The largest absolute Gasteiger partial charge is 0.493 e. The first-order valence-corrected chi connectivity index (χ1v) is 8.39. The fraction of sp³-hybridized carbons (Fsp3) is 0.200. The summed E-state index contributed by atoms with van der Waals surface area (Å²) in [6.07, 6.45) is 3.61. The predicted octanol–water partition coefficient (Wildman–Crippen LogP) is 3.65. The fourth-order valence-electron chi connectivity index (χ4n) is 2.45. The van der Waals surface area contributed by atoms with E-state index in [1.165, 1.54) is 0 Å². The van der Waals surface area contributed by atoms with Gasteiger partial charge in [0, 0.05) is 25.1 Å². The van der Waals surface area contributed by atoms with E-state index >= 15 is 0 Å². The van der Waals surface area contributed by atoms with E-state index < -0.39 is 0 Å². The number of nitrogens with zero attached hydrogens (tertiary/aromatic N) is 2. The zero-order valence-electron chi connectivity index (χ0n) is 14.8. The van der Waals surface area contributed by atoms with Crippen LogP contribution in [0.25, 0.3) is 0 Å². The van der Waals surface area contributed by atoms with Gasteiger partial charge in [0.05, 0.1) is 12.2 Å². The second kappa shape index (κ2) is 8.20. The molecule has 0 aliphatic rings. The predicted molar refractivity (Wildman–Crippen MR) is 99.5 cm³/mol. The smallest absolute Gasteiger partial charge is 0.259 e. The van der Waals surface area contributed by atoms with Crippen molar-refractivity contribution in [3.63, 3.8) is 0 Å². The van der Waals surface area contributed by atoms with Crippen molar-refractivity contribution in [1.82, 2.24) is 9.55 Å². The summed E-state index contributed by atoms with van der Waals surface area (Å²) >= 11 is 0. The molecule has 1 heterocycles. The molecule has 3 aromatic rings. The van der Waals surface area contributed by atoms with Crippen LogP contribution in [0.1, 0.15) is 23.1 Å². The third-order valence-electron chi connectivity index (χ3n) is 3.83. The summed E-state index contributed by atoms with van der Waals surface area (Å²) in [5.41, 5.74) is 1.19. The fourth-order valence-corrected chi connectivity index (χ4v) is 2.45. The summed E-state index contributed by atoms with van der Waals surface area (Å²) in [6.45, 7) is 2.78. The number of para-hydroxylation sites is 1. The molecule has 0 saturated heterocycles. The Labute approximate surface area is 152 Å². The lowest BCUT2D eigenvalue weighted by Gasteiger charge is -2.11. The maximum absolute atomic E-state index is 12.5. The molecule has 3 rings (SSSR count). The Kier molecular flexibility index (Phi) is 5.53. The summed E-state index contributed by atoms with van der Waals surface area (Å²) in [4.78, 5) is 16.7. The molecule has 1 N–H and O–H groups in total. The molecular weight excluding hydrogens is 330 g/mol. The van der Waals surface area contributed by atoms with Crippen LogP contribution >= 0.6 is 0 Å². The quantitative estimate of drug-likeness (QED) is 0.706. The normalized spacial score (nSPS) is 10.4. The van der Waals surface area contributed by atoms with Crippen LogP contribution in [-0.4, -0.2) is 22.1 Å². The highest BCUT2D eigenvalue weighted by Crippen LogP contribution is 2.21. The number of rotatable bonds is 7. The number of imidazole rings is 1. The van der Waals surface area contributed by atoms with Gasteiger partial charge in [-0.3, -0.25) is 4.79 Å². The van der Waals surface area contributed by atoms with Crippen molar-refractivity contribution in [2.24, 2.45) is 7.05 Å². The van der Waals surface area contributed by atoms with Gasteiger partial charge >= 0.3 is 0 Å². The SMILES string of the molecule is CCOc1ccccc1C(=O)Nc1ccc(OCc2nccn2C)cc1. The molecule has 6 heteroatoms. The minimum atomic E-state index is -0.212. The number of anilines is 1. The van der Waals surface area contributed by atoms with Crippen molar-refractivity contribution in [2.75, 3.05) is 11.9 Å². The second-order valence-electron chi connectivity index (χ2n) is 5.65. The maximum Gasteiger partial charge on any atom is 0.259 e. The zero-order chi connectivity index (χ0) is 18.4. The van der Waals surface area contributed by atoms with E-state index in [0.717, 1.165) is 5.82 Å². The summed E-state index contributed by atoms with van der Waals surface area (Å²) in [5.74, 6) is 1.91. The number of amides is 1. The van der Waals surface area contributed by atoms with Crippen LogP contribution < -0.4 is 14.8 Å². The van der Waals surface area contributed by atoms with Gasteiger partial charge in [-0.2, -0.15) is 0 Å². The summed E-state index contributed by atoms with van der Waals surface area (Å²) in [5, 5.41) is 2.87. The van der Waals surface area contributed by atoms with Gasteiger partial charge in [-0.25, -0.2) is 4.98 Å². The molecule has 0 aliphatic heterocycles. The number of hydrogen-bond acceptors (Lipinski definition) is 4. The molecule has 1 aromatic heterocycles. The Hall–Kier alpha value is -3.28. The lowest BCUT2D eigenvalue weighted by molar-refractivity contribution is 0.102. The van der Waals surface area contributed by atoms with Crippen molar-refractivity contribution in [3.8, 4) is 11.5 Å². The topological polar surface area (TPSA) is 65.4 Å². The number of aromatic nitrogens is 2. The van der Waals surface area contributed by atoms with Gasteiger partial charge in [0.2, 0.25) is 0 Å². The molecule has 0 saturated carbocycles. The molecule has 0 spiro atoms. The van der Waals surface area contributed by atoms with Gasteiger partial charge in [-0.05, 0) is 43.3 Å². The average molecular weight is 351 g/mol. The number of hydrogen-bond donors (Lipinski definition) is 1. The van der Waals surface area contributed by atoms with Gasteiger partial charge in [-0.1, -0.05) is 12.1 Å². The molecule has 6 nitrogen and oxygen atoms in total. The second-order valence-corrected chi connectivity index (χ2v) is 5.65. The summed E-state index contributed by atoms with van der Waals surface area (Å²) in [7, 11) is 1.92. The van der Waals surface area contributed by atoms with Crippen molar-refractivity contribution in [3.05, 3.63) is 72.3 Å². The van der Waals surface area contributed by atoms with E-state index in [4.69, 9.17) is 9.47 Å². The Balaban J connectivity index is 1.62. The molecule has 134 valence electrons. The Bertz CT molecular complexity index is 872. The van der Waals surface area contributed by atoms with Gasteiger partial charge in [-0.15, -0.1) is 0 Å². The number of carbonyl (C=O) groups excluding carboxylic acids is 1. The molecule has 2 aromatic carbocycles. The van der Waals surface area contributed by atoms with E-state index in [1.54, 1.807) is 30.5 Å². The van der Waals surface area contributed by atoms with E-state index in [0.29, 0.717) is 36.0 Å². The van der Waals surface area contributed by atoms with Gasteiger partial charge in [0.25, 0.3) is 5.91 Å². The standard InChI is InChI=1S/C20H21N3O3/c1-3-25-18-7-5-4-6-17(18)20(24)22-15-8-10-16(11-9-15)26-14-19-21-12-13-23(19)2/h4-13H,3,14H2,1-2H3,(H,22,24). The Morgan fingerprint density at radius 3 is 2.58 bits per heavy atom.